The highest BCUT2D eigenvalue weighted by Crippen LogP contribution is 2.40. The Morgan fingerprint density at radius 3 is 3.00 bits per heavy atom. The van der Waals surface area contributed by atoms with E-state index in [-0.39, 0.29) is 6.04 Å². The number of rotatable bonds is 2. The molecule has 7 nitrogen and oxygen atoms in total. The average Bonchev–Trinajstić information content (AvgIpc) is 3.07. The van der Waals surface area contributed by atoms with Gasteiger partial charge in [-0.2, -0.15) is 4.98 Å². The molecule has 3 aliphatic rings. The number of para-hydroxylation sites is 1. The molecule has 24 heavy (non-hydrogen) atoms. The van der Waals surface area contributed by atoms with Crippen LogP contribution in [0, 0.1) is 0 Å². The first-order valence-corrected chi connectivity index (χ1v) is 8.19. The largest absolute Gasteiger partial charge is 0.339 e. The summed E-state index contributed by atoms with van der Waals surface area (Å²) in [4.78, 5) is 16.0. The molecule has 2 aromatic heterocycles. The lowest BCUT2D eigenvalue weighted by Crippen LogP contribution is -2.34. The van der Waals surface area contributed by atoms with Crippen molar-refractivity contribution >= 4 is 11.7 Å². The minimum atomic E-state index is -0.106. The van der Waals surface area contributed by atoms with Crippen molar-refractivity contribution in [3.8, 4) is 5.69 Å². The standard InChI is InChI=1S/C17H14N6O/c1-2-4-13-11(3-1)16-19-12(8-22(16)14-7-18-9-23(13)14)15-20-17(24-21-15)10-5-6-10/h1-4,7,9-10,12H,5-6,8H2. The SMILES string of the molecule is c1ccc2c(c1)C1=NC(c3noc(C4CC4)n3)CN1c1cncn1-2. The predicted octanol–water partition coefficient (Wildman–Crippen LogP) is 2.45. The molecule has 7 heteroatoms. The summed E-state index contributed by atoms with van der Waals surface area (Å²) in [6, 6.07) is 8.15. The van der Waals surface area contributed by atoms with E-state index in [4.69, 9.17) is 9.52 Å². The van der Waals surface area contributed by atoms with Crippen LogP contribution in [0.3, 0.4) is 0 Å². The molecule has 3 aromatic rings. The lowest BCUT2D eigenvalue weighted by atomic mass is 10.1. The van der Waals surface area contributed by atoms with E-state index in [1.807, 2.05) is 24.7 Å². The first-order valence-electron chi connectivity index (χ1n) is 8.19. The summed E-state index contributed by atoms with van der Waals surface area (Å²) >= 11 is 0. The van der Waals surface area contributed by atoms with Gasteiger partial charge in [-0.25, -0.2) is 4.98 Å². The summed E-state index contributed by atoms with van der Waals surface area (Å²) in [7, 11) is 0. The van der Waals surface area contributed by atoms with Gasteiger partial charge < -0.3 is 9.42 Å². The summed E-state index contributed by atoms with van der Waals surface area (Å²) in [6.07, 6.45) is 6.02. The van der Waals surface area contributed by atoms with Gasteiger partial charge in [-0.05, 0) is 25.0 Å². The normalized spacial score (nSPS) is 21.2. The molecule has 1 saturated carbocycles. The van der Waals surface area contributed by atoms with Crippen LogP contribution in [0.25, 0.3) is 5.69 Å². The fraction of sp³-hybridized carbons (Fsp3) is 0.294. The molecule has 1 aliphatic carbocycles. The summed E-state index contributed by atoms with van der Waals surface area (Å²) in [6.45, 7) is 0.707. The second-order valence-electron chi connectivity index (χ2n) is 6.48. The number of nitrogens with zero attached hydrogens (tertiary/aromatic N) is 6. The molecule has 0 spiro atoms. The van der Waals surface area contributed by atoms with Gasteiger partial charge in [0.1, 0.15) is 24.0 Å². The summed E-state index contributed by atoms with van der Waals surface area (Å²) in [5.74, 6) is 3.90. The smallest absolute Gasteiger partial charge is 0.229 e. The molecule has 0 saturated heterocycles. The Kier molecular flexibility index (Phi) is 2.24. The first kappa shape index (κ1) is 12.5. The predicted molar refractivity (Wildman–Crippen MR) is 86.5 cm³/mol. The van der Waals surface area contributed by atoms with Crippen LogP contribution in [0.4, 0.5) is 5.82 Å². The third-order valence-corrected chi connectivity index (χ3v) is 4.87. The number of anilines is 1. The maximum Gasteiger partial charge on any atom is 0.229 e. The average molecular weight is 318 g/mol. The van der Waals surface area contributed by atoms with Gasteiger partial charge >= 0.3 is 0 Å². The monoisotopic (exact) mass is 318 g/mol. The number of hydrogen-bond donors (Lipinski definition) is 0. The van der Waals surface area contributed by atoms with Crippen LogP contribution < -0.4 is 4.90 Å². The number of hydrogen-bond acceptors (Lipinski definition) is 6. The van der Waals surface area contributed by atoms with Gasteiger partial charge in [0, 0.05) is 11.5 Å². The van der Waals surface area contributed by atoms with E-state index >= 15 is 0 Å². The van der Waals surface area contributed by atoms with Crippen LogP contribution >= 0.6 is 0 Å². The van der Waals surface area contributed by atoms with E-state index in [0.29, 0.717) is 18.3 Å². The minimum absolute atomic E-state index is 0.106. The highest BCUT2D eigenvalue weighted by molar-refractivity contribution is 6.14. The molecule has 118 valence electrons. The van der Waals surface area contributed by atoms with Gasteiger partial charge in [0.15, 0.2) is 5.82 Å². The molecular weight excluding hydrogens is 304 g/mol. The minimum Gasteiger partial charge on any atom is -0.339 e. The number of aliphatic imine (C=N–C) groups is 1. The van der Waals surface area contributed by atoms with Crippen molar-refractivity contribution in [2.75, 3.05) is 11.4 Å². The molecule has 0 radical (unpaired) electrons. The Hall–Kier alpha value is -2.96. The van der Waals surface area contributed by atoms with Gasteiger partial charge in [0.25, 0.3) is 0 Å². The molecular formula is C17H14N6O. The van der Waals surface area contributed by atoms with E-state index in [9.17, 15) is 0 Å². The van der Waals surface area contributed by atoms with E-state index in [1.165, 1.54) is 0 Å². The van der Waals surface area contributed by atoms with Crippen molar-refractivity contribution in [3.05, 3.63) is 54.1 Å². The number of benzene rings is 1. The molecule has 1 aromatic carbocycles. The molecule has 0 N–H and O–H groups in total. The molecule has 0 amide bonds. The quantitative estimate of drug-likeness (QED) is 0.726. The number of aromatic nitrogens is 4. The molecule has 1 unspecified atom stereocenters. The molecule has 6 rings (SSSR count). The lowest BCUT2D eigenvalue weighted by Gasteiger charge is -2.28. The highest BCUT2D eigenvalue weighted by Gasteiger charge is 2.38. The Balaban J connectivity index is 1.46. The van der Waals surface area contributed by atoms with Crippen LogP contribution in [0.1, 0.15) is 42.1 Å². The second kappa shape index (κ2) is 4.31. The number of fused-ring (bicyclic) bond motifs is 6. The van der Waals surface area contributed by atoms with Crippen molar-refractivity contribution in [2.45, 2.75) is 24.8 Å². The number of amidine groups is 1. The van der Waals surface area contributed by atoms with Crippen molar-refractivity contribution in [1.82, 2.24) is 19.7 Å². The Morgan fingerprint density at radius 1 is 1.17 bits per heavy atom. The molecule has 4 heterocycles. The fourth-order valence-electron chi connectivity index (χ4n) is 3.50. The van der Waals surface area contributed by atoms with Gasteiger partial charge in [-0.15, -0.1) is 0 Å². The Bertz CT molecular complexity index is 982. The second-order valence-corrected chi connectivity index (χ2v) is 6.48. The first-order chi connectivity index (χ1) is 11.9. The van der Waals surface area contributed by atoms with Crippen molar-refractivity contribution in [1.29, 1.82) is 0 Å². The Labute approximate surface area is 137 Å². The maximum absolute atomic E-state index is 5.41. The Morgan fingerprint density at radius 2 is 2.08 bits per heavy atom. The third kappa shape index (κ3) is 1.61. The zero-order valence-corrected chi connectivity index (χ0v) is 12.8. The summed E-state index contributed by atoms with van der Waals surface area (Å²) in [5, 5.41) is 4.17. The zero-order chi connectivity index (χ0) is 15.7. The number of imidazole rings is 1. The van der Waals surface area contributed by atoms with Crippen LogP contribution in [0.2, 0.25) is 0 Å². The molecule has 0 bridgehead atoms. The van der Waals surface area contributed by atoms with E-state index < -0.39 is 0 Å². The molecule has 1 atom stereocenters. The van der Waals surface area contributed by atoms with E-state index in [2.05, 4.69) is 36.7 Å². The van der Waals surface area contributed by atoms with Crippen LogP contribution in [-0.4, -0.2) is 32.1 Å². The summed E-state index contributed by atoms with van der Waals surface area (Å²) < 4.78 is 7.51. The fourth-order valence-corrected chi connectivity index (χ4v) is 3.50. The van der Waals surface area contributed by atoms with E-state index in [1.54, 1.807) is 0 Å². The van der Waals surface area contributed by atoms with E-state index in [0.717, 1.165) is 41.6 Å². The van der Waals surface area contributed by atoms with Crippen molar-refractivity contribution in [2.24, 2.45) is 4.99 Å². The van der Waals surface area contributed by atoms with Crippen LogP contribution in [-0.2, 0) is 0 Å². The molecule has 1 fully saturated rings. The molecule has 2 aliphatic heterocycles. The lowest BCUT2D eigenvalue weighted by molar-refractivity contribution is 0.371. The third-order valence-electron chi connectivity index (χ3n) is 4.87. The van der Waals surface area contributed by atoms with Gasteiger partial charge in [0.2, 0.25) is 5.89 Å². The van der Waals surface area contributed by atoms with Crippen LogP contribution in [0.5, 0.6) is 0 Å². The van der Waals surface area contributed by atoms with Gasteiger partial charge in [-0.1, -0.05) is 17.3 Å². The zero-order valence-electron chi connectivity index (χ0n) is 12.8. The topological polar surface area (TPSA) is 72.3 Å². The van der Waals surface area contributed by atoms with Gasteiger partial charge in [-0.3, -0.25) is 9.56 Å². The van der Waals surface area contributed by atoms with Crippen molar-refractivity contribution < 1.29 is 4.52 Å². The van der Waals surface area contributed by atoms with Gasteiger partial charge in [0.05, 0.1) is 18.4 Å². The van der Waals surface area contributed by atoms with Crippen LogP contribution in [0.15, 0.2) is 46.3 Å². The maximum atomic E-state index is 5.41. The highest BCUT2D eigenvalue weighted by atomic mass is 16.5. The van der Waals surface area contributed by atoms with Crippen molar-refractivity contribution in [3.63, 3.8) is 0 Å². The summed E-state index contributed by atoms with van der Waals surface area (Å²) in [5.41, 5.74) is 2.21.